The fraction of sp³-hybridized carbons (Fsp3) is 0.500. The maximum Gasteiger partial charge on any atom is 0.232 e. The molecule has 0 radical (unpaired) electrons. The largest absolute Gasteiger partial charge is 0.317 e. The highest BCUT2D eigenvalue weighted by atomic mass is 79.9. The first-order chi connectivity index (χ1) is 8.44. The third kappa shape index (κ3) is 5.37. The first-order valence-corrected chi connectivity index (χ1v) is 8.36. The maximum atomic E-state index is 11.9. The Morgan fingerprint density at radius 1 is 1.33 bits per heavy atom. The van der Waals surface area contributed by atoms with E-state index in [0.29, 0.717) is 12.1 Å². The predicted octanol–water partition coefficient (Wildman–Crippen LogP) is 2.50. The minimum absolute atomic E-state index is 0.131. The van der Waals surface area contributed by atoms with E-state index < -0.39 is 10.0 Å². The molecule has 2 N–H and O–H groups in total. The van der Waals surface area contributed by atoms with Crippen LogP contribution < -0.4 is 10.0 Å². The summed E-state index contributed by atoms with van der Waals surface area (Å²) in [5, 5.41) is 3.11. The number of hydrogen-bond acceptors (Lipinski definition) is 3. The molecular weight excluding hydrogens is 316 g/mol. The van der Waals surface area contributed by atoms with Crippen molar-refractivity contribution < 1.29 is 8.42 Å². The molecule has 1 rings (SSSR count). The van der Waals surface area contributed by atoms with Crippen molar-refractivity contribution in [2.45, 2.75) is 20.3 Å². The van der Waals surface area contributed by atoms with Gasteiger partial charge in [0.25, 0.3) is 0 Å². The van der Waals surface area contributed by atoms with Crippen LogP contribution in [0.3, 0.4) is 0 Å². The quantitative estimate of drug-likeness (QED) is 0.753. The minimum Gasteiger partial charge on any atom is -0.317 e. The van der Waals surface area contributed by atoms with Crippen LogP contribution in [0, 0.1) is 6.92 Å². The van der Waals surface area contributed by atoms with Gasteiger partial charge in [-0.05, 0) is 44.1 Å². The molecule has 0 saturated carbocycles. The first-order valence-electron chi connectivity index (χ1n) is 5.92. The van der Waals surface area contributed by atoms with E-state index in [1.165, 1.54) is 0 Å². The molecule has 18 heavy (non-hydrogen) atoms. The zero-order chi connectivity index (χ0) is 13.6. The summed E-state index contributed by atoms with van der Waals surface area (Å²) in [6.45, 7) is 5.45. The lowest BCUT2D eigenvalue weighted by molar-refractivity contribution is 0.595. The molecule has 4 nitrogen and oxygen atoms in total. The molecule has 0 aliphatic rings. The number of sulfonamides is 1. The molecule has 6 heteroatoms. The molecule has 0 spiro atoms. The zero-order valence-corrected chi connectivity index (χ0v) is 13.1. The van der Waals surface area contributed by atoms with Crippen LogP contribution in [0.4, 0.5) is 5.69 Å². The van der Waals surface area contributed by atoms with Crippen molar-refractivity contribution in [3.8, 4) is 0 Å². The van der Waals surface area contributed by atoms with Gasteiger partial charge < -0.3 is 5.32 Å². The van der Waals surface area contributed by atoms with Gasteiger partial charge in [-0.2, -0.15) is 0 Å². The monoisotopic (exact) mass is 334 g/mol. The van der Waals surface area contributed by atoms with Gasteiger partial charge in [0, 0.05) is 4.47 Å². The molecule has 0 atom stereocenters. The van der Waals surface area contributed by atoms with Gasteiger partial charge in [0.05, 0.1) is 11.4 Å². The Hall–Kier alpha value is -0.590. The molecule has 0 aromatic heterocycles. The molecule has 0 unspecified atom stereocenters. The van der Waals surface area contributed by atoms with Crippen molar-refractivity contribution >= 4 is 31.6 Å². The molecule has 0 heterocycles. The van der Waals surface area contributed by atoms with Gasteiger partial charge in [-0.15, -0.1) is 0 Å². The van der Waals surface area contributed by atoms with Crippen LogP contribution in [-0.4, -0.2) is 27.3 Å². The Balaban J connectivity index is 2.62. The second-order valence-corrected chi connectivity index (χ2v) is 6.84. The van der Waals surface area contributed by atoms with Crippen molar-refractivity contribution in [2.75, 3.05) is 23.6 Å². The summed E-state index contributed by atoms with van der Waals surface area (Å²) in [6, 6.07) is 5.54. The second-order valence-electron chi connectivity index (χ2n) is 4.09. The highest BCUT2D eigenvalue weighted by Gasteiger charge is 2.11. The van der Waals surface area contributed by atoms with Gasteiger partial charge >= 0.3 is 0 Å². The van der Waals surface area contributed by atoms with E-state index in [0.717, 1.165) is 23.1 Å². The predicted molar refractivity (Wildman–Crippen MR) is 79.4 cm³/mol. The summed E-state index contributed by atoms with van der Waals surface area (Å²) in [5.41, 5.74) is 1.54. The molecule has 0 saturated heterocycles. The van der Waals surface area contributed by atoms with E-state index in [4.69, 9.17) is 0 Å². The minimum atomic E-state index is -3.27. The zero-order valence-electron chi connectivity index (χ0n) is 10.7. The summed E-state index contributed by atoms with van der Waals surface area (Å²) in [6.07, 6.45) is 0.607. The van der Waals surface area contributed by atoms with Gasteiger partial charge in [0.1, 0.15) is 0 Å². The van der Waals surface area contributed by atoms with E-state index in [2.05, 4.69) is 26.0 Å². The first kappa shape index (κ1) is 15.5. The van der Waals surface area contributed by atoms with Crippen LogP contribution in [-0.2, 0) is 10.0 Å². The van der Waals surface area contributed by atoms with E-state index >= 15 is 0 Å². The third-order valence-corrected chi connectivity index (χ3v) is 4.33. The molecule has 1 aromatic carbocycles. The number of halogens is 1. The molecule has 0 amide bonds. The number of hydrogen-bond donors (Lipinski definition) is 2. The highest BCUT2D eigenvalue weighted by molar-refractivity contribution is 9.10. The molecule has 0 fully saturated rings. The molecule has 0 aliphatic heterocycles. The number of nitrogens with one attached hydrogen (secondary N) is 2. The van der Waals surface area contributed by atoms with Crippen molar-refractivity contribution in [3.63, 3.8) is 0 Å². The summed E-state index contributed by atoms with van der Waals surface area (Å²) < 4.78 is 27.2. The summed E-state index contributed by atoms with van der Waals surface area (Å²) >= 11 is 3.33. The Morgan fingerprint density at radius 3 is 2.72 bits per heavy atom. The van der Waals surface area contributed by atoms with Crippen molar-refractivity contribution in [3.05, 3.63) is 28.2 Å². The summed E-state index contributed by atoms with van der Waals surface area (Å²) in [4.78, 5) is 0. The lowest BCUT2D eigenvalue weighted by Crippen LogP contribution is -2.22. The lowest BCUT2D eigenvalue weighted by atomic mass is 10.2. The van der Waals surface area contributed by atoms with E-state index in [1.54, 1.807) is 6.07 Å². The lowest BCUT2D eigenvalue weighted by Gasteiger charge is -2.11. The highest BCUT2D eigenvalue weighted by Crippen LogP contribution is 2.21. The Morgan fingerprint density at radius 2 is 2.06 bits per heavy atom. The SMILES string of the molecule is CCNCCCS(=O)(=O)Nc1cc(Br)ccc1C. The molecule has 1 aromatic rings. The van der Waals surface area contributed by atoms with Crippen molar-refractivity contribution in [1.29, 1.82) is 0 Å². The van der Waals surface area contributed by atoms with Crippen LogP contribution >= 0.6 is 15.9 Å². The van der Waals surface area contributed by atoms with E-state index in [9.17, 15) is 8.42 Å². The Labute approximate surface area is 117 Å². The average molecular weight is 335 g/mol. The number of anilines is 1. The van der Waals surface area contributed by atoms with Gasteiger partial charge in [0.15, 0.2) is 0 Å². The molecular formula is C12H19BrN2O2S. The summed E-state index contributed by atoms with van der Waals surface area (Å²) in [5.74, 6) is 0.131. The van der Waals surface area contributed by atoms with Gasteiger partial charge in [-0.1, -0.05) is 28.9 Å². The van der Waals surface area contributed by atoms with Gasteiger partial charge in [-0.3, -0.25) is 4.72 Å². The third-order valence-electron chi connectivity index (χ3n) is 2.48. The normalized spacial score (nSPS) is 11.5. The Kier molecular flexibility index (Phi) is 6.11. The smallest absolute Gasteiger partial charge is 0.232 e. The van der Waals surface area contributed by atoms with Crippen LogP contribution in [0.2, 0.25) is 0 Å². The van der Waals surface area contributed by atoms with Gasteiger partial charge in [0.2, 0.25) is 10.0 Å². The molecule has 0 bridgehead atoms. The average Bonchev–Trinajstić information content (AvgIpc) is 2.29. The fourth-order valence-electron chi connectivity index (χ4n) is 1.49. The number of benzene rings is 1. The number of rotatable bonds is 7. The number of aryl methyl sites for hydroxylation is 1. The molecule has 0 aliphatic carbocycles. The summed E-state index contributed by atoms with van der Waals surface area (Å²) in [7, 11) is -3.27. The van der Waals surface area contributed by atoms with Crippen molar-refractivity contribution in [1.82, 2.24) is 5.32 Å². The van der Waals surface area contributed by atoms with Crippen LogP contribution in [0.25, 0.3) is 0 Å². The maximum absolute atomic E-state index is 11.9. The van der Waals surface area contributed by atoms with Crippen LogP contribution in [0.15, 0.2) is 22.7 Å². The fourth-order valence-corrected chi connectivity index (χ4v) is 3.03. The molecule has 102 valence electrons. The van der Waals surface area contributed by atoms with E-state index in [1.807, 2.05) is 26.0 Å². The Bertz CT molecular complexity index is 489. The second kappa shape index (κ2) is 7.11. The van der Waals surface area contributed by atoms with Crippen LogP contribution in [0.1, 0.15) is 18.9 Å². The topological polar surface area (TPSA) is 58.2 Å². The van der Waals surface area contributed by atoms with E-state index in [-0.39, 0.29) is 5.75 Å². The standard InChI is InChI=1S/C12H19BrN2O2S/c1-3-14-7-4-8-18(16,17)15-12-9-11(13)6-5-10(12)2/h5-6,9,14-15H,3-4,7-8H2,1-2H3. The van der Waals surface area contributed by atoms with Crippen molar-refractivity contribution in [2.24, 2.45) is 0 Å². The van der Waals surface area contributed by atoms with Crippen LogP contribution in [0.5, 0.6) is 0 Å². The van der Waals surface area contributed by atoms with Gasteiger partial charge in [-0.25, -0.2) is 8.42 Å².